The van der Waals surface area contributed by atoms with Crippen molar-refractivity contribution in [3.05, 3.63) is 12.2 Å². The fraction of sp³-hybridized carbons (Fsp3) is 0.769. The van der Waals surface area contributed by atoms with Crippen molar-refractivity contribution in [2.45, 2.75) is 51.7 Å². The maximum Gasteiger partial charge on any atom is 0.410 e. The highest BCUT2D eigenvalue weighted by Crippen LogP contribution is 2.25. The van der Waals surface area contributed by atoms with Crippen molar-refractivity contribution in [1.82, 2.24) is 4.90 Å². The van der Waals surface area contributed by atoms with E-state index in [0.29, 0.717) is 5.88 Å². The summed E-state index contributed by atoms with van der Waals surface area (Å²) in [7, 11) is 0. The van der Waals surface area contributed by atoms with Gasteiger partial charge in [0.05, 0.1) is 0 Å². The van der Waals surface area contributed by atoms with E-state index in [2.05, 4.69) is 6.58 Å². The Balaban J connectivity index is 2.57. The van der Waals surface area contributed by atoms with E-state index in [-0.39, 0.29) is 12.1 Å². The van der Waals surface area contributed by atoms with Crippen LogP contribution in [-0.4, -0.2) is 35.1 Å². The van der Waals surface area contributed by atoms with Gasteiger partial charge in [0.25, 0.3) is 0 Å². The molecule has 98 valence electrons. The zero-order chi connectivity index (χ0) is 13.1. The van der Waals surface area contributed by atoms with Crippen LogP contribution in [0.15, 0.2) is 12.2 Å². The molecule has 4 heteroatoms. The third kappa shape index (κ3) is 4.58. The summed E-state index contributed by atoms with van der Waals surface area (Å²) in [5, 5.41) is 0. The number of halogens is 1. The van der Waals surface area contributed by atoms with Crippen molar-refractivity contribution in [3.63, 3.8) is 0 Å². The Kier molecular flexibility index (Phi) is 4.87. The predicted octanol–water partition coefficient (Wildman–Crippen LogP) is 3.57. The normalized spacial score (nSPS) is 20.5. The third-order valence-electron chi connectivity index (χ3n) is 2.72. The Bertz CT molecular complexity index is 296. The average molecular weight is 260 g/mol. The van der Waals surface area contributed by atoms with E-state index < -0.39 is 5.60 Å². The zero-order valence-electron chi connectivity index (χ0n) is 11.0. The number of alkyl halides is 1. The Morgan fingerprint density at radius 3 is 2.71 bits per heavy atom. The van der Waals surface area contributed by atoms with Gasteiger partial charge in [-0.15, -0.1) is 11.6 Å². The minimum Gasteiger partial charge on any atom is -0.444 e. The predicted molar refractivity (Wildman–Crippen MR) is 70.4 cm³/mol. The molecule has 1 heterocycles. The van der Waals surface area contributed by atoms with Crippen LogP contribution in [0.3, 0.4) is 0 Å². The minimum atomic E-state index is -0.437. The van der Waals surface area contributed by atoms with Gasteiger partial charge < -0.3 is 9.64 Å². The highest BCUT2D eigenvalue weighted by Gasteiger charge is 2.32. The lowest BCUT2D eigenvalue weighted by molar-refractivity contribution is 0.0227. The maximum absolute atomic E-state index is 12.0. The first-order chi connectivity index (χ1) is 7.83. The summed E-state index contributed by atoms with van der Waals surface area (Å²) in [6.07, 6.45) is 2.60. The number of likely N-dealkylation sites (tertiary alicyclic amines) is 1. The molecule has 0 bridgehead atoms. The number of rotatable bonds is 3. The van der Waals surface area contributed by atoms with Gasteiger partial charge in [-0.3, -0.25) is 0 Å². The molecule has 1 rings (SSSR count). The quantitative estimate of drug-likeness (QED) is 0.573. The highest BCUT2D eigenvalue weighted by atomic mass is 35.5. The smallest absolute Gasteiger partial charge is 0.410 e. The number of carbonyl (C=O) groups is 1. The van der Waals surface area contributed by atoms with Crippen LogP contribution in [0.4, 0.5) is 4.79 Å². The van der Waals surface area contributed by atoms with Gasteiger partial charge in [-0.05, 0) is 40.0 Å². The topological polar surface area (TPSA) is 29.5 Å². The Hall–Kier alpha value is -0.700. The molecule has 1 aliphatic rings. The lowest BCUT2D eigenvalue weighted by atomic mass is 10.1. The van der Waals surface area contributed by atoms with Gasteiger partial charge in [0.15, 0.2) is 0 Å². The molecule has 0 aromatic rings. The number of amides is 1. The van der Waals surface area contributed by atoms with E-state index in [9.17, 15) is 4.79 Å². The van der Waals surface area contributed by atoms with E-state index in [4.69, 9.17) is 16.3 Å². The van der Waals surface area contributed by atoms with Crippen molar-refractivity contribution in [1.29, 1.82) is 0 Å². The number of ether oxygens (including phenoxy) is 1. The number of nitrogens with zero attached hydrogens (tertiary/aromatic N) is 1. The molecule has 3 nitrogen and oxygen atoms in total. The van der Waals surface area contributed by atoms with Crippen LogP contribution in [0.1, 0.15) is 40.0 Å². The van der Waals surface area contributed by atoms with E-state index in [0.717, 1.165) is 31.4 Å². The van der Waals surface area contributed by atoms with Gasteiger partial charge in [0, 0.05) is 18.5 Å². The summed E-state index contributed by atoms with van der Waals surface area (Å²) < 4.78 is 5.39. The van der Waals surface area contributed by atoms with Gasteiger partial charge in [0.1, 0.15) is 5.60 Å². The SMILES string of the molecule is C=C(CCl)CC1CCCN1C(=O)OC(C)(C)C. The fourth-order valence-corrected chi connectivity index (χ4v) is 2.11. The summed E-state index contributed by atoms with van der Waals surface area (Å²) in [5.74, 6) is 0.457. The van der Waals surface area contributed by atoms with E-state index in [1.165, 1.54) is 0 Å². The van der Waals surface area contributed by atoms with Gasteiger partial charge in [-0.25, -0.2) is 4.79 Å². The maximum atomic E-state index is 12.0. The van der Waals surface area contributed by atoms with E-state index in [1.807, 2.05) is 25.7 Å². The van der Waals surface area contributed by atoms with Crippen molar-refractivity contribution in [3.8, 4) is 0 Å². The van der Waals surface area contributed by atoms with Gasteiger partial charge in [-0.2, -0.15) is 0 Å². The van der Waals surface area contributed by atoms with Crippen LogP contribution in [0.25, 0.3) is 0 Å². The molecule has 1 unspecified atom stereocenters. The summed E-state index contributed by atoms with van der Waals surface area (Å²) in [5.41, 5.74) is 0.542. The fourth-order valence-electron chi connectivity index (χ4n) is 2.00. The second kappa shape index (κ2) is 5.76. The highest BCUT2D eigenvalue weighted by molar-refractivity contribution is 6.19. The molecular formula is C13H22ClNO2. The van der Waals surface area contributed by atoms with Crippen LogP contribution in [0.5, 0.6) is 0 Å². The molecule has 0 aromatic carbocycles. The van der Waals surface area contributed by atoms with Crippen LogP contribution < -0.4 is 0 Å². The molecule has 1 atom stereocenters. The molecular weight excluding hydrogens is 238 g/mol. The summed E-state index contributed by atoms with van der Waals surface area (Å²) in [6.45, 7) is 10.3. The van der Waals surface area contributed by atoms with Crippen molar-refractivity contribution < 1.29 is 9.53 Å². The molecule has 0 aromatic heterocycles. The molecule has 1 saturated heterocycles. The molecule has 17 heavy (non-hydrogen) atoms. The van der Waals surface area contributed by atoms with Crippen molar-refractivity contribution in [2.24, 2.45) is 0 Å². The number of hydrogen-bond acceptors (Lipinski definition) is 2. The molecule has 0 radical (unpaired) electrons. The minimum absolute atomic E-state index is 0.205. The first-order valence-corrected chi connectivity index (χ1v) is 6.59. The standard InChI is InChI=1S/C13H22ClNO2/c1-10(9-14)8-11-6-5-7-15(11)12(16)17-13(2,3)4/h11H,1,5-9H2,2-4H3. The van der Waals surface area contributed by atoms with Crippen LogP contribution >= 0.6 is 11.6 Å². The molecule has 0 N–H and O–H groups in total. The Morgan fingerprint density at radius 2 is 2.18 bits per heavy atom. The van der Waals surface area contributed by atoms with Crippen LogP contribution in [0.2, 0.25) is 0 Å². The summed E-state index contributed by atoms with van der Waals surface area (Å²) >= 11 is 5.73. The molecule has 0 aliphatic carbocycles. The Morgan fingerprint density at radius 1 is 1.53 bits per heavy atom. The summed E-state index contributed by atoms with van der Waals surface area (Å²) in [6, 6.07) is 0.205. The second-order valence-electron chi connectivity index (χ2n) is 5.56. The molecule has 1 amide bonds. The van der Waals surface area contributed by atoms with Gasteiger partial charge in [-0.1, -0.05) is 12.2 Å². The number of hydrogen-bond donors (Lipinski definition) is 0. The first-order valence-electron chi connectivity index (χ1n) is 6.05. The van der Waals surface area contributed by atoms with Crippen LogP contribution in [0, 0.1) is 0 Å². The molecule has 0 spiro atoms. The Labute approximate surface area is 109 Å². The lowest BCUT2D eigenvalue weighted by Crippen LogP contribution is -2.40. The van der Waals surface area contributed by atoms with E-state index in [1.54, 1.807) is 0 Å². The molecule has 0 saturated carbocycles. The first kappa shape index (κ1) is 14.4. The summed E-state index contributed by atoms with van der Waals surface area (Å²) in [4.78, 5) is 13.8. The van der Waals surface area contributed by atoms with Crippen molar-refractivity contribution >= 4 is 17.7 Å². The van der Waals surface area contributed by atoms with Crippen molar-refractivity contribution in [2.75, 3.05) is 12.4 Å². The molecule has 1 fully saturated rings. The lowest BCUT2D eigenvalue weighted by Gasteiger charge is -2.28. The van der Waals surface area contributed by atoms with Gasteiger partial charge >= 0.3 is 6.09 Å². The monoisotopic (exact) mass is 259 g/mol. The van der Waals surface area contributed by atoms with E-state index >= 15 is 0 Å². The van der Waals surface area contributed by atoms with Crippen LogP contribution in [-0.2, 0) is 4.74 Å². The second-order valence-corrected chi connectivity index (χ2v) is 5.82. The average Bonchev–Trinajstić information content (AvgIpc) is 2.63. The van der Waals surface area contributed by atoms with Gasteiger partial charge in [0.2, 0.25) is 0 Å². The largest absolute Gasteiger partial charge is 0.444 e. The number of carbonyl (C=O) groups excluding carboxylic acids is 1. The third-order valence-corrected chi connectivity index (χ3v) is 3.10. The molecule has 1 aliphatic heterocycles. The zero-order valence-corrected chi connectivity index (χ0v) is 11.7.